The Kier molecular flexibility index (Phi) is 3.19. The molecule has 1 aliphatic rings. The number of carbonyl (C=O) groups excluding carboxylic acids is 1. The molecule has 0 saturated carbocycles. The van der Waals surface area contributed by atoms with Crippen LogP contribution in [0.25, 0.3) is 0 Å². The Morgan fingerprint density at radius 1 is 1.44 bits per heavy atom. The number of nitrogens with zero attached hydrogens (tertiary/aromatic N) is 1. The maximum absolute atomic E-state index is 10.8. The van der Waals surface area contributed by atoms with Gasteiger partial charge in [0, 0.05) is 13.6 Å². The summed E-state index contributed by atoms with van der Waals surface area (Å²) in [5.41, 5.74) is 1.09. The highest BCUT2D eigenvalue weighted by molar-refractivity contribution is 6.62. The zero-order valence-electron chi connectivity index (χ0n) is 8.90. The third-order valence-electron chi connectivity index (χ3n) is 2.47. The van der Waals surface area contributed by atoms with Crippen LogP contribution in [0, 0.1) is 0 Å². The van der Waals surface area contributed by atoms with Gasteiger partial charge in [0.15, 0.2) is 11.5 Å². The predicted molar refractivity (Wildman–Crippen MR) is 60.1 cm³/mol. The molecule has 1 amide bonds. The highest BCUT2D eigenvalue weighted by Gasteiger charge is 2.13. The van der Waals surface area contributed by atoms with E-state index in [0.717, 1.165) is 23.5 Å². The van der Waals surface area contributed by atoms with Crippen molar-refractivity contribution in [3.05, 3.63) is 23.8 Å². The van der Waals surface area contributed by atoms with E-state index in [-0.39, 0.29) is 6.79 Å². The van der Waals surface area contributed by atoms with Gasteiger partial charge in [-0.05, 0) is 35.7 Å². The van der Waals surface area contributed by atoms with Gasteiger partial charge in [-0.3, -0.25) is 4.79 Å². The Morgan fingerprint density at radius 3 is 2.94 bits per heavy atom. The highest BCUT2D eigenvalue weighted by Crippen LogP contribution is 2.32. The Bertz CT molecular complexity index is 408. The fraction of sp³-hybridized carbons (Fsp3) is 0.364. The number of benzene rings is 1. The molecule has 1 aromatic carbocycles. The number of hydrogen-bond donors (Lipinski definition) is 0. The van der Waals surface area contributed by atoms with Crippen LogP contribution >= 0.6 is 11.6 Å². The summed E-state index contributed by atoms with van der Waals surface area (Å²) in [5.74, 6) is 1.53. The number of carbonyl (C=O) groups is 1. The summed E-state index contributed by atoms with van der Waals surface area (Å²) in [4.78, 5) is 12.3. The molecular formula is C11H12ClNO3. The average Bonchev–Trinajstić information content (AvgIpc) is 2.72. The van der Waals surface area contributed by atoms with Crippen LogP contribution in [0.1, 0.15) is 5.56 Å². The van der Waals surface area contributed by atoms with E-state index < -0.39 is 5.37 Å². The minimum absolute atomic E-state index is 0.277. The Balaban J connectivity index is 1.98. The maximum Gasteiger partial charge on any atom is 0.316 e. The third kappa shape index (κ3) is 2.39. The van der Waals surface area contributed by atoms with Gasteiger partial charge in [0.1, 0.15) is 0 Å². The molecule has 1 aliphatic heterocycles. The van der Waals surface area contributed by atoms with Gasteiger partial charge in [0.05, 0.1) is 0 Å². The van der Waals surface area contributed by atoms with Gasteiger partial charge in [0.25, 0.3) is 0 Å². The standard InChI is InChI=1S/C11H12ClNO3/c1-13(11(12)14)5-4-8-2-3-9-10(6-8)16-7-15-9/h2-3,6H,4-5,7H2,1H3. The Hall–Kier alpha value is -1.42. The molecule has 2 rings (SSSR count). The van der Waals surface area contributed by atoms with E-state index in [2.05, 4.69) is 0 Å². The summed E-state index contributed by atoms with van der Waals surface area (Å²) in [7, 11) is 1.67. The molecule has 0 aliphatic carbocycles. The first-order valence-electron chi connectivity index (χ1n) is 4.96. The molecule has 0 bridgehead atoms. The minimum Gasteiger partial charge on any atom is -0.454 e. The summed E-state index contributed by atoms with van der Waals surface area (Å²) in [6, 6.07) is 5.76. The first-order valence-corrected chi connectivity index (χ1v) is 5.34. The smallest absolute Gasteiger partial charge is 0.316 e. The zero-order chi connectivity index (χ0) is 11.5. The van der Waals surface area contributed by atoms with Crippen LogP contribution in [0.3, 0.4) is 0 Å². The molecule has 86 valence electrons. The third-order valence-corrected chi connectivity index (χ3v) is 2.76. The average molecular weight is 242 g/mol. The molecule has 0 aromatic heterocycles. The van der Waals surface area contributed by atoms with Crippen molar-refractivity contribution in [2.45, 2.75) is 6.42 Å². The number of likely N-dealkylation sites (N-methyl/N-ethyl adjacent to an activating group) is 1. The summed E-state index contributed by atoms with van der Waals surface area (Å²) in [6.07, 6.45) is 0.742. The monoisotopic (exact) mass is 241 g/mol. The van der Waals surface area contributed by atoms with Gasteiger partial charge in [-0.15, -0.1) is 0 Å². The molecule has 0 spiro atoms. The second-order valence-electron chi connectivity index (χ2n) is 3.61. The van der Waals surface area contributed by atoms with Crippen molar-refractivity contribution >= 4 is 17.0 Å². The Labute approximate surface area is 98.7 Å². The van der Waals surface area contributed by atoms with Crippen molar-refractivity contribution in [1.82, 2.24) is 4.90 Å². The lowest BCUT2D eigenvalue weighted by Gasteiger charge is -2.12. The van der Waals surface area contributed by atoms with Crippen LogP contribution < -0.4 is 9.47 Å². The van der Waals surface area contributed by atoms with Crippen LogP contribution in [0.4, 0.5) is 4.79 Å². The molecule has 16 heavy (non-hydrogen) atoms. The van der Waals surface area contributed by atoms with E-state index in [9.17, 15) is 4.79 Å². The normalized spacial score (nSPS) is 12.6. The molecule has 0 atom stereocenters. The fourth-order valence-electron chi connectivity index (χ4n) is 1.48. The van der Waals surface area contributed by atoms with E-state index in [1.165, 1.54) is 4.90 Å². The van der Waals surface area contributed by atoms with Crippen molar-refractivity contribution in [3.63, 3.8) is 0 Å². The van der Waals surface area contributed by atoms with E-state index in [1.54, 1.807) is 7.05 Å². The second-order valence-corrected chi connectivity index (χ2v) is 3.94. The second kappa shape index (κ2) is 4.61. The summed E-state index contributed by atoms with van der Waals surface area (Å²) >= 11 is 5.33. The first-order chi connectivity index (χ1) is 7.66. The summed E-state index contributed by atoms with van der Waals surface area (Å²) in [6.45, 7) is 0.862. The topological polar surface area (TPSA) is 38.8 Å². The lowest BCUT2D eigenvalue weighted by molar-refractivity contribution is 0.174. The van der Waals surface area contributed by atoms with Crippen molar-refractivity contribution in [2.24, 2.45) is 0 Å². The lowest BCUT2D eigenvalue weighted by Crippen LogP contribution is -2.23. The molecular weight excluding hydrogens is 230 g/mol. The van der Waals surface area contributed by atoms with Crippen LogP contribution in [0.2, 0.25) is 0 Å². The predicted octanol–water partition coefficient (Wildman–Crippen LogP) is 2.25. The van der Waals surface area contributed by atoms with E-state index in [1.807, 2.05) is 18.2 Å². The number of ether oxygens (including phenoxy) is 2. The van der Waals surface area contributed by atoms with Gasteiger partial charge < -0.3 is 14.4 Å². The van der Waals surface area contributed by atoms with Gasteiger partial charge in [-0.2, -0.15) is 0 Å². The maximum atomic E-state index is 10.8. The number of halogens is 1. The van der Waals surface area contributed by atoms with Crippen LogP contribution in [0.5, 0.6) is 11.5 Å². The zero-order valence-corrected chi connectivity index (χ0v) is 9.66. The van der Waals surface area contributed by atoms with E-state index in [0.29, 0.717) is 6.54 Å². The molecule has 1 heterocycles. The number of hydrogen-bond acceptors (Lipinski definition) is 3. The summed E-state index contributed by atoms with van der Waals surface area (Å²) < 4.78 is 10.5. The molecule has 0 saturated heterocycles. The molecule has 1 aromatic rings. The van der Waals surface area contributed by atoms with Crippen molar-refractivity contribution in [2.75, 3.05) is 20.4 Å². The molecule has 0 unspecified atom stereocenters. The highest BCUT2D eigenvalue weighted by atomic mass is 35.5. The SMILES string of the molecule is CN(CCc1ccc2c(c1)OCO2)C(=O)Cl. The number of amides is 1. The largest absolute Gasteiger partial charge is 0.454 e. The van der Waals surface area contributed by atoms with Gasteiger partial charge in [-0.25, -0.2) is 0 Å². The Morgan fingerprint density at radius 2 is 2.19 bits per heavy atom. The van der Waals surface area contributed by atoms with Crippen molar-refractivity contribution < 1.29 is 14.3 Å². The van der Waals surface area contributed by atoms with Crippen LogP contribution in [-0.2, 0) is 6.42 Å². The fourth-order valence-corrected chi connectivity index (χ4v) is 1.57. The molecule has 5 heteroatoms. The van der Waals surface area contributed by atoms with Crippen molar-refractivity contribution in [1.29, 1.82) is 0 Å². The summed E-state index contributed by atoms with van der Waals surface area (Å²) in [5, 5.41) is -0.444. The van der Waals surface area contributed by atoms with Gasteiger partial charge in [0.2, 0.25) is 6.79 Å². The molecule has 0 N–H and O–H groups in total. The molecule has 0 fully saturated rings. The molecule has 4 nitrogen and oxygen atoms in total. The minimum atomic E-state index is -0.444. The van der Waals surface area contributed by atoms with Crippen LogP contribution in [0.15, 0.2) is 18.2 Å². The lowest BCUT2D eigenvalue weighted by atomic mass is 10.1. The van der Waals surface area contributed by atoms with Gasteiger partial charge >= 0.3 is 5.37 Å². The van der Waals surface area contributed by atoms with Crippen molar-refractivity contribution in [3.8, 4) is 11.5 Å². The molecule has 0 radical (unpaired) electrons. The van der Waals surface area contributed by atoms with Gasteiger partial charge in [-0.1, -0.05) is 6.07 Å². The quantitative estimate of drug-likeness (QED) is 0.602. The van der Waals surface area contributed by atoms with E-state index >= 15 is 0 Å². The number of fused-ring (bicyclic) bond motifs is 1. The van der Waals surface area contributed by atoms with E-state index in [4.69, 9.17) is 21.1 Å². The first kappa shape index (κ1) is 11.1. The number of rotatable bonds is 3. The van der Waals surface area contributed by atoms with Crippen LogP contribution in [-0.4, -0.2) is 30.7 Å².